The van der Waals surface area contributed by atoms with Crippen LogP contribution >= 0.6 is 0 Å². The molecule has 0 fully saturated rings. The highest BCUT2D eigenvalue weighted by Gasteiger charge is 2.33. The van der Waals surface area contributed by atoms with E-state index in [2.05, 4.69) is 4.74 Å². The van der Waals surface area contributed by atoms with Gasteiger partial charge in [-0.3, -0.25) is 14.4 Å². The Bertz CT molecular complexity index is 256. The van der Waals surface area contributed by atoms with E-state index in [1.807, 2.05) is 0 Å². The van der Waals surface area contributed by atoms with Crippen LogP contribution in [0, 0.1) is 5.92 Å². The number of hydrogen-bond acceptors (Lipinski definition) is 4. The molecule has 1 atom stereocenters. The highest BCUT2D eigenvalue weighted by Crippen LogP contribution is 2.09. The van der Waals surface area contributed by atoms with Crippen molar-refractivity contribution < 1.29 is 20.5 Å². The van der Waals surface area contributed by atoms with Gasteiger partial charge in [-0.15, -0.1) is 0 Å². The first kappa shape index (κ1) is 7.65. The van der Waals surface area contributed by atoms with E-state index in [0.717, 1.165) is 12.3 Å². The van der Waals surface area contributed by atoms with E-state index in [-0.39, 0.29) is 1.43 Å². The first-order chi connectivity index (χ1) is 5.13. The highest BCUT2D eigenvalue weighted by atomic mass is 16.5. The van der Waals surface area contributed by atoms with Crippen molar-refractivity contribution in [2.75, 3.05) is 0 Å². The summed E-state index contributed by atoms with van der Waals surface area (Å²) in [6.07, 6.45) is 2.07. The molecular weight excluding hydrogens is 148 g/mol. The Morgan fingerprint density at radius 2 is 2.27 bits per heavy atom. The predicted molar refractivity (Wildman–Crippen MR) is 36.5 cm³/mol. The molecule has 0 aromatic rings. The number of rotatable bonds is 1. The van der Waals surface area contributed by atoms with Gasteiger partial charge in [-0.25, -0.2) is 0 Å². The van der Waals surface area contributed by atoms with Crippen LogP contribution in [0.4, 0.5) is 0 Å². The van der Waals surface area contributed by atoms with Crippen LogP contribution in [0.3, 0.4) is 0 Å². The minimum Gasteiger partial charge on any atom is -0.433 e. The van der Waals surface area contributed by atoms with Crippen LogP contribution in [0.5, 0.6) is 0 Å². The molecule has 11 heavy (non-hydrogen) atoms. The smallest absolute Gasteiger partial charge is 0.329 e. The summed E-state index contributed by atoms with van der Waals surface area (Å²) in [4.78, 5) is 32.2. The average molecular weight is 156 g/mol. The molecule has 1 unspecified atom stereocenters. The Kier molecular flexibility index (Phi) is 1.85. The lowest BCUT2D eigenvalue weighted by atomic mass is 9.99. The summed E-state index contributed by atoms with van der Waals surface area (Å²) in [6, 6.07) is 0. The Morgan fingerprint density at radius 3 is 2.64 bits per heavy atom. The topological polar surface area (TPSA) is 60.4 Å². The van der Waals surface area contributed by atoms with E-state index in [1.165, 1.54) is 6.92 Å². The van der Waals surface area contributed by atoms with Crippen molar-refractivity contribution >= 4 is 17.5 Å². The largest absolute Gasteiger partial charge is 0.433 e. The molecule has 0 spiro atoms. The summed E-state index contributed by atoms with van der Waals surface area (Å²) in [5.74, 6) is -3.01. The van der Waals surface area contributed by atoms with Crippen LogP contribution in [-0.2, 0) is 19.1 Å². The fourth-order valence-corrected chi connectivity index (χ4v) is 0.815. The van der Waals surface area contributed by atoms with E-state index in [0.29, 0.717) is 0 Å². The molecule has 1 rings (SSSR count). The number of Topliss-reactive ketones (excluding diaryl/α,β-unsaturated/α-hetero) is 1. The maximum atomic E-state index is 10.8. The van der Waals surface area contributed by atoms with Crippen LogP contribution in [0.15, 0.2) is 12.3 Å². The van der Waals surface area contributed by atoms with E-state index >= 15 is 0 Å². The second kappa shape index (κ2) is 2.65. The number of cyclic esters (lactones) is 1. The predicted octanol–water partition coefficient (Wildman–Crippen LogP) is 0.0772. The lowest BCUT2D eigenvalue weighted by Crippen LogP contribution is -2.32. The van der Waals surface area contributed by atoms with Gasteiger partial charge >= 0.3 is 5.97 Å². The monoisotopic (exact) mass is 156 g/mol. The number of allylic oxidation sites excluding steroid dienone is 1. The van der Waals surface area contributed by atoms with Gasteiger partial charge in [-0.2, -0.15) is 0 Å². The van der Waals surface area contributed by atoms with Crippen LogP contribution in [-0.4, -0.2) is 17.5 Å². The Hall–Kier alpha value is -1.45. The third-order valence-corrected chi connectivity index (χ3v) is 1.34. The third kappa shape index (κ3) is 1.34. The van der Waals surface area contributed by atoms with Gasteiger partial charge in [0.2, 0.25) is 0 Å². The van der Waals surface area contributed by atoms with Gasteiger partial charge < -0.3 is 4.74 Å². The van der Waals surface area contributed by atoms with E-state index in [1.54, 1.807) is 0 Å². The summed E-state index contributed by atoms with van der Waals surface area (Å²) in [5.41, 5.74) is 0. The van der Waals surface area contributed by atoms with Crippen molar-refractivity contribution in [2.24, 2.45) is 5.92 Å². The highest BCUT2D eigenvalue weighted by molar-refractivity contribution is 6.21. The quantitative estimate of drug-likeness (QED) is 0.398. The minimum absolute atomic E-state index is 0. The molecule has 1 aliphatic heterocycles. The number of ether oxygens (including phenoxy) is 1. The number of esters is 1. The van der Waals surface area contributed by atoms with Crippen LogP contribution in [0.2, 0.25) is 0 Å². The van der Waals surface area contributed by atoms with Crippen molar-refractivity contribution in [3.63, 3.8) is 0 Å². The van der Waals surface area contributed by atoms with Crippen molar-refractivity contribution in [2.45, 2.75) is 6.92 Å². The molecule has 0 amide bonds. The molecule has 0 aliphatic carbocycles. The lowest BCUT2D eigenvalue weighted by molar-refractivity contribution is -0.151. The normalized spacial score (nSPS) is 23.2. The van der Waals surface area contributed by atoms with Crippen LogP contribution < -0.4 is 0 Å². The van der Waals surface area contributed by atoms with Gasteiger partial charge in [-0.1, -0.05) is 0 Å². The van der Waals surface area contributed by atoms with Gasteiger partial charge in [0.1, 0.15) is 0 Å². The molecule has 1 aliphatic rings. The van der Waals surface area contributed by atoms with Crippen molar-refractivity contribution in [3.05, 3.63) is 12.3 Å². The van der Waals surface area contributed by atoms with Crippen molar-refractivity contribution in [1.82, 2.24) is 0 Å². The standard InChI is InChI=1S/C7H6O4.H2/c1-4(8)6-5(9)2-3-11-7(6)10;/h2-3,6H,1H3;1H. The zero-order valence-corrected chi connectivity index (χ0v) is 5.87. The van der Waals surface area contributed by atoms with Gasteiger partial charge in [0.25, 0.3) is 0 Å². The maximum absolute atomic E-state index is 10.8. The minimum atomic E-state index is -1.24. The molecule has 0 bridgehead atoms. The average Bonchev–Trinajstić information content (AvgIpc) is 1.85. The zero-order valence-electron chi connectivity index (χ0n) is 5.87. The fourth-order valence-electron chi connectivity index (χ4n) is 0.815. The molecule has 60 valence electrons. The summed E-state index contributed by atoms with van der Waals surface area (Å²) >= 11 is 0. The molecule has 4 heteroatoms. The maximum Gasteiger partial charge on any atom is 0.329 e. The summed E-state index contributed by atoms with van der Waals surface area (Å²) in [6.45, 7) is 1.18. The first-order valence-electron chi connectivity index (χ1n) is 3.04. The molecule has 0 N–H and O–H groups in total. The van der Waals surface area contributed by atoms with Crippen molar-refractivity contribution in [1.29, 1.82) is 0 Å². The van der Waals surface area contributed by atoms with Gasteiger partial charge in [0.05, 0.1) is 6.26 Å². The number of ketones is 2. The third-order valence-electron chi connectivity index (χ3n) is 1.34. The first-order valence-corrected chi connectivity index (χ1v) is 3.04. The van der Waals surface area contributed by atoms with Gasteiger partial charge in [-0.05, 0) is 6.92 Å². The molecule has 0 saturated heterocycles. The van der Waals surface area contributed by atoms with Crippen LogP contribution in [0.1, 0.15) is 8.35 Å². The summed E-state index contributed by atoms with van der Waals surface area (Å²) in [7, 11) is 0. The zero-order chi connectivity index (χ0) is 8.43. The molecule has 4 nitrogen and oxygen atoms in total. The SMILES string of the molecule is CC(=O)C1C(=O)C=COC1=O.[HH]. The number of carbonyl (C=O) groups excluding carboxylic acids is 3. The van der Waals surface area contributed by atoms with Gasteiger partial charge in [0, 0.05) is 7.50 Å². The number of carbonyl (C=O) groups is 3. The lowest BCUT2D eigenvalue weighted by Gasteiger charge is -2.11. The molecule has 0 aromatic heterocycles. The summed E-state index contributed by atoms with van der Waals surface area (Å²) < 4.78 is 4.36. The molecular formula is C7H8O4. The Labute approximate surface area is 64.3 Å². The fraction of sp³-hybridized carbons (Fsp3) is 0.286. The Balaban J connectivity index is 0.00000121. The molecule has 0 saturated carbocycles. The Morgan fingerprint density at radius 1 is 1.64 bits per heavy atom. The van der Waals surface area contributed by atoms with Gasteiger partial charge in [0.15, 0.2) is 17.5 Å². The summed E-state index contributed by atoms with van der Waals surface area (Å²) in [5, 5.41) is 0. The molecule has 1 heterocycles. The van der Waals surface area contributed by atoms with Crippen molar-refractivity contribution in [3.8, 4) is 0 Å². The van der Waals surface area contributed by atoms with E-state index in [4.69, 9.17) is 0 Å². The van der Waals surface area contributed by atoms with E-state index in [9.17, 15) is 14.4 Å². The second-order valence-electron chi connectivity index (χ2n) is 2.19. The number of hydrogen-bond donors (Lipinski definition) is 0. The molecule has 0 radical (unpaired) electrons. The second-order valence-corrected chi connectivity index (χ2v) is 2.19. The van der Waals surface area contributed by atoms with Crippen LogP contribution in [0.25, 0.3) is 0 Å². The molecule has 0 aromatic carbocycles. The van der Waals surface area contributed by atoms with E-state index < -0.39 is 23.5 Å².